The van der Waals surface area contributed by atoms with E-state index in [0.29, 0.717) is 10.7 Å². The van der Waals surface area contributed by atoms with Crippen LogP contribution < -0.4 is 11.1 Å². The van der Waals surface area contributed by atoms with Crippen molar-refractivity contribution in [3.63, 3.8) is 0 Å². The van der Waals surface area contributed by atoms with Gasteiger partial charge in [-0.15, -0.1) is 0 Å². The Hall–Kier alpha value is -1.19. The van der Waals surface area contributed by atoms with Gasteiger partial charge in [0.2, 0.25) is 0 Å². The molecule has 0 radical (unpaired) electrons. The van der Waals surface area contributed by atoms with Gasteiger partial charge in [0.1, 0.15) is 0 Å². The second kappa shape index (κ2) is 4.76. The zero-order chi connectivity index (χ0) is 11.5. The molecule has 0 unspecified atom stereocenters. The van der Waals surface area contributed by atoms with Gasteiger partial charge in [0.25, 0.3) is 0 Å². The van der Waals surface area contributed by atoms with Crippen molar-refractivity contribution in [1.29, 1.82) is 0 Å². The number of nitrogen functional groups attached to an aromatic ring is 1. The van der Waals surface area contributed by atoms with Gasteiger partial charge in [0.15, 0.2) is 0 Å². The lowest BCUT2D eigenvalue weighted by Crippen LogP contribution is -1.96. The van der Waals surface area contributed by atoms with Crippen LogP contribution in [0.25, 0.3) is 0 Å². The van der Waals surface area contributed by atoms with Crippen LogP contribution in [-0.4, -0.2) is 0 Å². The van der Waals surface area contributed by atoms with Crippen LogP contribution in [0.4, 0.5) is 17.1 Å². The minimum atomic E-state index is 0.611. The fourth-order valence-corrected chi connectivity index (χ4v) is 2.01. The number of halogens is 2. The maximum atomic E-state index is 6.06. The Morgan fingerprint density at radius 2 is 1.88 bits per heavy atom. The SMILES string of the molecule is Nc1cccc(Cl)c1Nc1cccc(Br)c1. The van der Waals surface area contributed by atoms with Crippen molar-refractivity contribution < 1.29 is 0 Å². The van der Waals surface area contributed by atoms with Gasteiger partial charge in [-0.2, -0.15) is 0 Å². The predicted octanol–water partition coefficient (Wildman–Crippen LogP) is 4.43. The lowest BCUT2D eigenvalue weighted by atomic mass is 10.2. The Morgan fingerprint density at radius 1 is 1.12 bits per heavy atom. The second-order valence-corrected chi connectivity index (χ2v) is 4.66. The van der Waals surface area contributed by atoms with Crippen molar-refractivity contribution in [2.75, 3.05) is 11.1 Å². The van der Waals surface area contributed by atoms with Gasteiger partial charge in [0.05, 0.1) is 16.4 Å². The van der Waals surface area contributed by atoms with Crippen LogP contribution in [0.2, 0.25) is 5.02 Å². The Kier molecular flexibility index (Phi) is 3.36. The fourth-order valence-electron chi connectivity index (χ4n) is 1.38. The molecule has 0 aliphatic rings. The molecule has 0 amide bonds. The van der Waals surface area contributed by atoms with E-state index in [1.54, 1.807) is 6.07 Å². The number of hydrogen-bond donors (Lipinski definition) is 2. The number of benzene rings is 2. The fraction of sp³-hybridized carbons (Fsp3) is 0. The van der Waals surface area contributed by atoms with Crippen LogP contribution in [0.5, 0.6) is 0 Å². The number of hydrogen-bond acceptors (Lipinski definition) is 2. The summed E-state index contributed by atoms with van der Waals surface area (Å²) in [6.07, 6.45) is 0. The van der Waals surface area contributed by atoms with E-state index in [9.17, 15) is 0 Å². The Balaban J connectivity index is 2.34. The summed E-state index contributed by atoms with van der Waals surface area (Å²) in [5.74, 6) is 0. The van der Waals surface area contributed by atoms with Gasteiger partial charge in [-0.3, -0.25) is 0 Å². The highest BCUT2D eigenvalue weighted by Gasteiger charge is 2.04. The van der Waals surface area contributed by atoms with Crippen molar-refractivity contribution in [3.8, 4) is 0 Å². The Labute approximate surface area is 108 Å². The van der Waals surface area contributed by atoms with Crippen molar-refractivity contribution in [2.24, 2.45) is 0 Å². The van der Waals surface area contributed by atoms with Crippen LogP contribution in [0.15, 0.2) is 46.9 Å². The molecule has 0 aromatic heterocycles. The molecule has 16 heavy (non-hydrogen) atoms. The Morgan fingerprint density at radius 3 is 2.56 bits per heavy atom. The minimum absolute atomic E-state index is 0.611. The summed E-state index contributed by atoms with van der Waals surface area (Å²) in [7, 11) is 0. The lowest BCUT2D eigenvalue weighted by Gasteiger charge is -2.11. The first kappa shape index (κ1) is 11.3. The molecule has 0 spiro atoms. The number of para-hydroxylation sites is 1. The van der Waals surface area contributed by atoms with Crippen molar-refractivity contribution in [1.82, 2.24) is 0 Å². The van der Waals surface area contributed by atoms with Crippen LogP contribution in [0.1, 0.15) is 0 Å². The first-order chi connectivity index (χ1) is 7.66. The van der Waals surface area contributed by atoms with E-state index in [2.05, 4.69) is 21.2 Å². The van der Waals surface area contributed by atoms with Crippen LogP contribution >= 0.6 is 27.5 Å². The average Bonchev–Trinajstić information content (AvgIpc) is 2.24. The molecule has 82 valence electrons. The first-order valence-corrected chi connectivity index (χ1v) is 5.90. The standard InChI is InChI=1S/C12H10BrClN2/c13-8-3-1-4-9(7-8)16-12-10(14)5-2-6-11(12)15/h1-7,16H,15H2. The highest BCUT2D eigenvalue weighted by atomic mass is 79.9. The first-order valence-electron chi connectivity index (χ1n) is 4.73. The molecule has 2 rings (SSSR count). The summed E-state index contributed by atoms with van der Waals surface area (Å²) >= 11 is 9.47. The van der Waals surface area contributed by atoms with Crippen LogP contribution in [0, 0.1) is 0 Å². The number of anilines is 3. The van der Waals surface area contributed by atoms with Crippen LogP contribution in [-0.2, 0) is 0 Å². The van der Waals surface area contributed by atoms with E-state index >= 15 is 0 Å². The summed E-state index contributed by atoms with van der Waals surface area (Å²) in [6.45, 7) is 0. The third-order valence-corrected chi connectivity index (χ3v) is 2.95. The van der Waals surface area contributed by atoms with Gasteiger partial charge in [-0.25, -0.2) is 0 Å². The van der Waals surface area contributed by atoms with Crippen LogP contribution in [0.3, 0.4) is 0 Å². The molecule has 0 saturated heterocycles. The molecule has 0 saturated carbocycles. The molecular formula is C12H10BrClN2. The number of rotatable bonds is 2. The molecule has 3 N–H and O–H groups in total. The van der Waals surface area contributed by atoms with Gasteiger partial charge in [0, 0.05) is 10.2 Å². The molecule has 2 aromatic carbocycles. The third kappa shape index (κ3) is 2.49. The maximum absolute atomic E-state index is 6.06. The molecule has 0 aliphatic carbocycles. The number of nitrogens with one attached hydrogen (secondary N) is 1. The molecule has 0 heterocycles. The van der Waals surface area contributed by atoms with E-state index in [4.69, 9.17) is 17.3 Å². The molecule has 0 fully saturated rings. The van der Waals surface area contributed by atoms with Gasteiger partial charge in [-0.1, -0.05) is 39.7 Å². The van der Waals surface area contributed by atoms with E-state index < -0.39 is 0 Å². The molecule has 2 aromatic rings. The summed E-state index contributed by atoms with van der Waals surface area (Å²) in [5.41, 5.74) is 8.16. The third-order valence-electron chi connectivity index (χ3n) is 2.14. The maximum Gasteiger partial charge on any atom is 0.0807 e. The summed E-state index contributed by atoms with van der Waals surface area (Å²) in [6, 6.07) is 13.3. The number of nitrogens with two attached hydrogens (primary N) is 1. The molecule has 0 atom stereocenters. The molecule has 0 aliphatic heterocycles. The quantitative estimate of drug-likeness (QED) is 0.805. The van der Waals surface area contributed by atoms with E-state index in [0.717, 1.165) is 15.8 Å². The predicted molar refractivity (Wildman–Crippen MR) is 73.3 cm³/mol. The second-order valence-electron chi connectivity index (χ2n) is 3.34. The summed E-state index contributed by atoms with van der Waals surface area (Å²) in [5, 5.41) is 3.81. The van der Waals surface area contributed by atoms with E-state index in [1.807, 2.05) is 36.4 Å². The molecule has 4 heteroatoms. The van der Waals surface area contributed by atoms with Crippen molar-refractivity contribution in [2.45, 2.75) is 0 Å². The summed E-state index contributed by atoms with van der Waals surface area (Å²) in [4.78, 5) is 0. The molecular weight excluding hydrogens is 288 g/mol. The monoisotopic (exact) mass is 296 g/mol. The topological polar surface area (TPSA) is 38.0 Å². The summed E-state index contributed by atoms with van der Waals surface area (Å²) < 4.78 is 1.00. The Bertz CT molecular complexity index is 494. The minimum Gasteiger partial charge on any atom is -0.397 e. The van der Waals surface area contributed by atoms with Gasteiger partial charge in [-0.05, 0) is 30.3 Å². The van der Waals surface area contributed by atoms with Crippen molar-refractivity contribution >= 4 is 44.6 Å². The molecule has 2 nitrogen and oxygen atoms in total. The molecule has 0 bridgehead atoms. The zero-order valence-corrected chi connectivity index (χ0v) is 10.7. The zero-order valence-electron chi connectivity index (χ0n) is 8.37. The highest BCUT2D eigenvalue weighted by Crippen LogP contribution is 2.31. The largest absolute Gasteiger partial charge is 0.397 e. The van der Waals surface area contributed by atoms with Crippen molar-refractivity contribution in [3.05, 3.63) is 52.0 Å². The average molecular weight is 298 g/mol. The van der Waals surface area contributed by atoms with E-state index in [1.165, 1.54) is 0 Å². The smallest absolute Gasteiger partial charge is 0.0807 e. The highest BCUT2D eigenvalue weighted by molar-refractivity contribution is 9.10. The van der Waals surface area contributed by atoms with E-state index in [-0.39, 0.29) is 0 Å². The normalized spacial score (nSPS) is 10.1. The van der Waals surface area contributed by atoms with Gasteiger partial charge < -0.3 is 11.1 Å². The lowest BCUT2D eigenvalue weighted by molar-refractivity contribution is 1.53. The van der Waals surface area contributed by atoms with Gasteiger partial charge >= 0.3 is 0 Å².